The number of likely N-dealkylation sites (N-methyl/N-ethyl adjacent to an activating group) is 1. The molecule has 0 radical (unpaired) electrons. The second-order valence-electron chi connectivity index (χ2n) is 5.55. The van der Waals surface area contributed by atoms with Crippen LogP contribution in [0.3, 0.4) is 0 Å². The number of piperidine rings is 1. The summed E-state index contributed by atoms with van der Waals surface area (Å²) in [5.41, 5.74) is -0.959. The van der Waals surface area contributed by atoms with Crippen LogP contribution in [0, 0.1) is 29.1 Å². The van der Waals surface area contributed by atoms with Gasteiger partial charge in [0.2, 0.25) is 5.82 Å². The Balaban J connectivity index is 1.93. The van der Waals surface area contributed by atoms with Crippen LogP contribution in [0.25, 0.3) is 6.08 Å². The highest BCUT2D eigenvalue weighted by atomic mass is 19.2. The Bertz CT molecular complexity index is 561. The molecule has 1 saturated heterocycles. The van der Waals surface area contributed by atoms with Crippen LogP contribution in [0.1, 0.15) is 24.8 Å². The van der Waals surface area contributed by atoms with Crippen LogP contribution in [-0.2, 0) is 4.74 Å². The van der Waals surface area contributed by atoms with Gasteiger partial charge >= 0.3 is 0 Å². The summed E-state index contributed by atoms with van der Waals surface area (Å²) < 4.78 is 71.2. The number of ether oxygens (including phenoxy) is 1. The van der Waals surface area contributed by atoms with E-state index in [9.17, 15) is 22.0 Å². The molecule has 2 nitrogen and oxygen atoms in total. The highest BCUT2D eigenvalue weighted by Gasteiger charge is 2.24. The minimum Gasteiger partial charge on any atom is -0.376 e. The van der Waals surface area contributed by atoms with E-state index < -0.39 is 34.6 Å². The number of halogens is 5. The molecule has 0 saturated carbocycles. The summed E-state index contributed by atoms with van der Waals surface area (Å²) in [6, 6.07) is 0.284. The number of rotatable bonds is 5. The lowest BCUT2D eigenvalue weighted by atomic mass is 10.0. The van der Waals surface area contributed by atoms with E-state index in [1.54, 1.807) is 0 Å². The van der Waals surface area contributed by atoms with Crippen LogP contribution in [-0.4, -0.2) is 37.7 Å². The molecule has 0 bridgehead atoms. The van der Waals surface area contributed by atoms with Gasteiger partial charge in [0.1, 0.15) is 0 Å². The van der Waals surface area contributed by atoms with Crippen molar-refractivity contribution in [3.05, 3.63) is 40.7 Å². The fourth-order valence-corrected chi connectivity index (χ4v) is 2.56. The van der Waals surface area contributed by atoms with Gasteiger partial charge in [-0.15, -0.1) is 0 Å². The fourth-order valence-electron chi connectivity index (χ4n) is 2.56. The lowest BCUT2D eigenvalue weighted by molar-refractivity contribution is 0.0666. The Hall–Kier alpha value is -1.47. The molecule has 1 atom stereocenters. The lowest BCUT2D eigenvalue weighted by Gasteiger charge is -2.31. The van der Waals surface area contributed by atoms with E-state index in [2.05, 4.69) is 4.90 Å². The average Bonchev–Trinajstić information content (AvgIpc) is 2.55. The standard InChI is InChI=1S/C16H18F5NO/c1-22-7-3-2-5-10(22)9-23-8-4-6-11-12(17)14(19)16(21)15(20)13(11)18/h4,6,10H,2-3,5,7-9H2,1H3/b6-4-. The molecule has 23 heavy (non-hydrogen) atoms. The zero-order valence-electron chi connectivity index (χ0n) is 12.7. The molecule has 1 aliphatic rings. The minimum atomic E-state index is -2.16. The molecule has 1 aromatic carbocycles. The molecule has 1 unspecified atom stereocenters. The van der Waals surface area contributed by atoms with Crippen molar-refractivity contribution in [3.63, 3.8) is 0 Å². The molecule has 0 aliphatic carbocycles. The molecule has 1 aromatic rings. The third kappa shape index (κ3) is 4.09. The van der Waals surface area contributed by atoms with Crippen molar-refractivity contribution in [1.82, 2.24) is 4.90 Å². The average molecular weight is 335 g/mol. The summed E-state index contributed by atoms with van der Waals surface area (Å²) in [4.78, 5) is 2.18. The van der Waals surface area contributed by atoms with Crippen LogP contribution in [0.2, 0.25) is 0 Å². The first kappa shape index (κ1) is 17.9. The lowest BCUT2D eigenvalue weighted by Crippen LogP contribution is -2.39. The van der Waals surface area contributed by atoms with Crippen LogP contribution in [0.15, 0.2) is 6.08 Å². The maximum Gasteiger partial charge on any atom is 0.200 e. The predicted molar refractivity (Wildman–Crippen MR) is 76.4 cm³/mol. The van der Waals surface area contributed by atoms with Crippen LogP contribution in [0.4, 0.5) is 22.0 Å². The summed E-state index contributed by atoms with van der Waals surface area (Å²) in [5.74, 6) is -9.75. The third-order valence-corrected chi connectivity index (χ3v) is 3.97. The summed E-state index contributed by atoms with van der Waals surface area (Å²) in [6.07, 6.45) is 5.37. The van der Waals surface area contributed by atoms with Crippen LogP contribution in [0.5, 0.6) is 0 Å². The van der Waals surface area contributed by atoms with E-state index in [4.69, 9.17) is 4.74 Å². The summed E-state index contributed by atoms with van der Waals surface area (Å²) in [5, 5.41) is 0. The molecule has 1 aliphatic heterocycles. The Morgan fingerprint density at radius 1 is 1.00 bits per heavy atom. The Morgan fingerprint density at radius 2 is 1.61 bits per heavy atom. The van der Waals surface area contributed by atoms with Gasteiger partial charge in [-0.05, 0) is 26.4 Å². The van der Waals surface area contributed by atoms with Crippen LogP contribution >= 0.6 is 0 Å². The Kier molecular flexibility index (Phi) is 6.12. The first-order valence-corrected chi connectivity index (χ1v) is 7.39. The second kappa shape index (κ2) is 7.88. The monoisotopic (exact) mass is 335 g/mol. The van der Waals surface area contributed by atoms with Gasteiger partial charge in [0.05, 0.1) is 18.8 Å². The normalized spacial score (nSPS) is 19.7. The van der Waals surface area contributed by atoms with Crippen molar-refractivity contribution in [2.45, 2.75) is 25.3 Å². The van der Waals surface area contributed by atoms with Gasteiger partial charge < -0.3 is 9.64 Å². The number of benzene rings is 1. The van der Waals surface area contributed by atoms with Crippen molar-refractivity contribution in [2.75, 3.05) is 26.8 Å². The van der Waals surface area contributed by atoms with Crippen LogP contribution < -0.4 is 0 Å². The second-order valence-corrected chi connectivity index (χ2v) is 5.55. The first-order valence-electron chi connectivity index (χ1n) is 7.39. The third-order valence-electron chi connectivity index (χ3n) is 3.97. The fraction of sp³-hybridized carbons (Fsp3) is 0.500. The summed E-state index contributed by atoms with van der Waals surface area (Å²) in [6.45, 7) is 1.48. The quantitative estimate of drug-likeness (QED) is 0.350. The first-order chi connectivity index (χ1) is 10.9. The van der Waals surface area contributed by atoms with Crippen molar-refractivity contribution in [1.29, 1.82) is 0 Å². The number of likely N-dealkylation sites (tertiary alicyclic amines) is 1. The molecule has 0 aromatic heterocycles. The zero-order chi connectivity index (χ0) is 17.0. The van der Waals surface area contributed by atoms with Crippen molar-refractivity contribution >= 4 is 6.08 Å². The molecule has 0 amide bonds. The van der Waals surface area contributed by atoms with E-state index in [1.807, 2.05) is 7.05 Å². The van der Waals surface area contributed by atoms with Gasteiger partial charge in [-0.25, -0.2) is 22.0 Å². The molecule has 1 fully saturated rings. The zero-order valence-corrected chi connectivity index (χ0v) is 12.7. The smallest absolute Gasteiger partial charge is 0.200 e. The van der Waals surface area contributed by atoms with Gasteiger partial charge in [-0.1, -0.05) is 18.6 Å². The van der Waals surface area contributed by atoms with E-state index in [0.717, 1.165) is 31.9 Å². The molecule has 7 heteroatoms. The molecule has 2 rings (SSSR count). The Morgan fingerprint density at radius 3 is 2.22 bits per heavy atom. The molecule has 0 N–H and O–H groups in total. The van der Waals surface area contributed by atoms with E-state index >= 15 is 0 Å². The summed E-state index contributed by atoms with van der Waals surface area (Å²) in [7, 11) is 2.00. The van der Waals surface area contributed by atoms with Crippen molar-refractivity contribution in [2.24, 2.45) is 0 Å². The van der Waals surface area contributed by atoms with E-state index in [0.29, 0.717) is 6.61 Å². The van der Waals surface area contributed by atoms with Gasteiger partial charge in [-0.2, -0.15) is 0 Å². The number of hydrogen-bond donors (Lipinski definition) is 0. The van der Waals surface area contributed by atoms with E-state index in [-0.39, 0.29) is 12.6 Å². The molecule has 128 valence electrons. The van der Waals surface area contributed by atoms with Crippen molar-refractivity contribution < 1.29 is 26.7 Å². The van der Waals surface area contributed by atoms with Gasteiger partial charge in [-0.3, -0.25) is 0 Å². The largest absolute Gasteiger partial charge is 0.376 e. The topological polar surface area (TPSA) is 12.5 Å². The maximum absolute atomic E-state index is 13.4. The minimum absolute atomic E-state index is 0.0316. The molecule has 1 heterocycles. The predicted octanol–water partition coefficient (Wildman–Crippen LogP) is 3.90. The number of nitrogens with zero attached hydrogens (tertiary/aromatic N) is 1. The van der Waals surface area contributed by atoms with Gasteiger partial charge in [0.15, 0.2) is 23.3 Å². The molecule has 0 spiro atoms. The highest BCUT2D eigenvalue weighted by Crippen LogP contribution is 2.24. The molecular formula is C16H18F5NO. The SMILES string of the molecule is CN1CCCCC1COC/C=C\c1c(F)c(F)c(F)c(F)c1F. The maximum atomic E-state index is 13.4. The highest BCUT2D eigenvalue weighted by molar-refractivity contribution is 5.51. The van der Waals surface area contributed by atoms with Gasteiger partial charge in [0, 0.05) is 6.04 Å². The van der Waals surface area contributed by atoms with Gasteiger partial charge in [0.25, 0.3) is 0 Å². The van der Waals surface area contributed by atoms with E-state index in [1.165, 1.54) is 6.08 Å². The Labute approximate surface area is 131 Å². The van der Waals surface area contributed by atoms with Crippen molar-refractivity contribution in [3.8, 4) is 0 Å². The summed E-state index contributed by atoms with van der Waals surface area (Å²) >= 11 is 0. The molecular weight excluding hydrogens is 317 g/mol. The number of hydrogen-bond acceptors (Lipinski definition) is 2.